The molecule has 3 aromatic rings. The van der Waals surface area contributed by atoms with Crippen LogP contribution in [0.2, 0.25) is 0 Å². The highest BCUT2D eigenvalue weighted by Gasteiger charge is 2.38. The first kappa shape index (κ1) is 42.8. The van der Waals surface area contributed by atoms with Crippen LogP contribution in [0.4, 0.5) is 0 Å². The largest absolute Gasteiger partial charge is 0.0839 e. The highest BCUT2D eigenvalue weighted by Crippen LogP contribution is 2.49. The molecule has 0 radical (unpaired) electrons. The quantitative estimate of drug-likeness (QED) is 0.211. The SMILES string of the molecule is C1=CCC(C2C=C(C3=CCCC=C3)C=C(C3=CC=C(C4=c5ccccc5=C(C5=CC=C(C=CC6=CC=C(c7cccc8ccccc78)C7C=CC=CC67)C6C=CC=CC56)C5C=CC=CC45)CC3)C2)C=C1. The second-order valence-electron chi connectivity index (χ2n) is 20.7. The van der Waals surface area contributed by atoms with Gasteiger partial charge in [0.15, 0.2) is 0 Å². The fourth-order valence-electron chi connectivity index (χ4n) is 13.4. The Morgan fingerprint density at radius 3 is 1.79 bits per heavy atom. The van der Waals surface area contributed by atoms with E-state index in [0.29, 0.717) is 23.7 Å². The molecule has 0 nitrogen and oxygen atoms in total. The van der Waals surface area contributed by atoms with Crippen LogP contribution in [-0.2, 0) is 0 Å². The van der Waals surface area contributed by atoms with Crippen LogP contribution in [-0.4, -0.2) is 0 Å². The fourth-order valence-corrected chi connectivity index (χ4v) is 13.4. The average Bonchev–Trinajstić information content (AvgIpc) is 3.44. The zero-order chi connectivity index (χ0) is 46.4. The van der Waals surface area contributed by atoms with E-state index in [1.54, 1.807) is 0 Å². The van der Waals surface area contributed by atoms with E-state index < -0.39 is 0 Å². The minimum Gasteiger partial charge on any atom is -0.0839 e. The zero-order valence-electron chi connectivity index (χ0n) is 40.0. The van der Waals surface area contributed by atoms with Gasteiger partial charge in [0.05, 0.1) is 0 Å². The minimum atomic E-state index is 0.258. The summed E-state index contributed by atoms with van der Waals surface area (Å²) in [6, 6.07) is 24.9. The van der Waals surface area contributed by atoms with Crippen LogP contribution in [0.25, 0.3) is 27.5 Å². The van der Waals surface area contributed by atoms with Crippen LogP contribution < -0.4 is 10.4 Å². The molecule has 13 rings (SSSR count). The molecule has 0 fully saturated rings. The predicted molar refractivity (Wildman–Crippen MR) is 296 cm³/mol. The van der Waals surface area contributed by atoms with Crippen molar-refractivity contribution in [3.8, 4) is 0 Å². The Balaban J connectivity index is 0.858. The predicted octanol–water partition coefficient (Wildman–Crippen LogP) is 15.6. The molecule has 0 heterocycles. The van der Waals surface area contributed by atoms with Crippen molar-refractivity contribution in [1.29, 1.82) is 0 Å². The second-order valence-corrected chi connectivity index (χ2v) is 20.7. The van der Waals surface area contributed by atoms with E-state index in [2.05, 4.69) is 243 Å². The third-order valence-corrected chi connectivity index (χ3v) is 16.8. The zero-order valence-corrected chi connectivity index (χ0v) is 40.0. The molecule has 0 aromatic heterocycles. The second kappa shape index (κ2) is 18.6. The van der Waals surface area contributed by atoms with Crippen molar-refractivity contribution in [2.24, 2.45) is 47.3 Å². The van der Waals surface area contributed by atoms with Gasteiger partial charge in [-0.3, -0.25) is 0 Å². The number of hydrogen-bond acceptors (Lipinski definition) is 0. The first-order valence-electron chi connectivity index (χ1n) is 26.2. The van der Waals surface area contributed by atoms with Gasteiger partial charge in [0.1, 0.15) is 0 Å². The lowest BCUT2D eigenvalue weighted by molar-refractivity contribution is 0.467. The molecule has 0 amide bonds. The molecule has 0 spiro atoms. The lowest BCUT2D eigenvalue weighted by Crippen LogP contribution is -2.42. The standard InChI is InChI=1S/C70H60/c1-3-18-47(19-4-1)54-44-55(48-20-5-2-6-21-48)46-56(45-54)49-34-38-53(39-35-49)69-64-29-13-15-31-66(64)70(67-32-16-14-30-65(67)69)68-43-41-52(59-26-10-12-28-62(59)68)37-36-51-40-42-63(60-27-11-9-25-58(51)60)61-33-17-23-50-22-7-8-24-57(50)61/h1,3-5,7-18,20-34,36-38,40-44,46-47,54,58-60,62,64,66H,2,6,19,35,39,45H2. The summed E-state index contributed by atoms with van der Waals surface area (Å²) in [7, 11) is 0. The lowest BCUT2D eigenvalue weighted by Gasteiger charge is -2.39. The first-order chi connectivity index (χ1) is 34.7. The topological polar surface area (TPSA) is 0 Å². The molecule has 10 aliphatic carbocycles. The summed E-state index contributed by atoms with van der Waals surface area (Å²) < 4.78 is 0. The molecular formula is C70H60. The first-order valence-corrected chi connectivity index (χ1v) is 26.2. The maximum atomic E-state index is 2.59. The number of fused-ring (bicyclic) bond motifs is 5. The van der Waals surface area contributed by atoms with E-state index in [0.717, 1.165) is 38.5 Å². The molecule has 340 valence electrons. The summed E-state index contributed by atoms with van der Waals surface area (Å²) in [5.74, 6) is 2.72. The molecule has 0 aliphatic heterocycles. The summed E-state index contributed by atoms with van der Waals surface area (Å²) in [4.78, 5) is 0. The van der Waals surface area contributed by atoms with Gasteiger partial charge in [0.25, 0.3) is 0 Å². The molecule has 3 aromatic carbocycles. The van der Waals surface area contributed by atoms with Gasteiger partial charge in [-0.15, -0.1) is 0 Å². The molecule has 0 bridgehead atoms. The van der Waals surface area contributed by atoms with Gasteiger partial charge in [0, 0.05) is 35.5 Å². The Morgan fingerprint density at radius 2 is 1.07 bits per heavy atom. The maximum Gasteiger partial charge on any atom is 0.0134 e. The van der Waals surface area contributed by atoms with E-state index in [-0.39, 0.29) is 23.7 Å². The molecule has 0 N–H and O–H groups in total. The fraction of sp³-hybridized carbons (Fsp3) is 0.200. The van der Waals surface area contributed by atoms with Gasteiger partial charge in [-0.05, 0) is 138 Å². The van der Waals surface area contributed by atoms with Gasteiger partial charge in [-0.1, -0.05) is 243 Å². The third kappa shape index (κ3) is 7.79. The molecule has 8 atom stereocenters. The van der Waals surface area contributed by atoms with Gasteiger partial charge < -0.3 is 0 Å². The Bertz CT molecular complexity index is 3440. The van der Waals surface area contributed by atoms with Crippen molar-refractivity contribution < 1.29 is 0 Å². The monoisotopic (exact) mass is 900 g/mol. The van der Waals surface area contributed by atoms with Crippen LogP contribution in [0.1, 0.15) is 44.1 Å². The highest BCUT2D eigenvalue weighted by atomic mass is 14.4. The van der Waals surface area contributed by atoms with E-state index >= 15 is 0 Å². The lowest BCUT2D eigenvalue weighted by atomic mass is 9.64. The van der Waals surface area contributed by atoms with Crippen LogP contribution in [0.5, 0.6) is 0 Å². The van der Waals surface area contributed by atoms with Crippen LogP contribution >= 0.6 is 0 Å². The van der Waals surface area contributed by atoms with Crippen molar-refractivity contribution in [1.82, 2.24) is 0 Å². The number of benzene rings is 3. The smallest absolute Gasteiger partial charge is 0.0134 e. The Labute approximate surface area is 414 Å². The Kier molecular flexibility index (Phi) is 11.3. The Morgan fingerprint density at radius 1 is 0.443 bits per heavy atom. The van der Waals surface area contributed by atoms with E-state index in [9.17, 15) is 0 Å². The van der Waals surface area contributed by atoms with Gasteiger partial charge in [-0.25, -0.2) is 0 Å². The number of rotatable bonds is 8. The normalized spacial score (nSPS) is 29.2. The maximum absolute atomic E-state index is 2.59. The van der Waals surface area contributed by atoms with E-state index in [1.165, 1.54) is 88.1 Å². The van der Waals surface area contributed by atoms with Crippen molar-refractivity contribution in [3.05, 3.63) is 304 Å². The third-order valence-electron chi connectivity index (χ3n) is 16.8. The summed E-state index contributed by atoms with van der Waals surface area (Å²) in [6.07, 6.45) is 76.0. The van der Waals surface area contributed by atoms with Crippen molar-refractivity contribution in [3.63, 3.8) is 0 Å². The number of allylic oxidation sites excluding steroid dienone is 38. The highest BCUT2D eigenvalue weighted by molar-refractivity contribution is 5.95. The molecule has 0 saturated carbocycles. The van der Waals surface area contributed by atoms with Crippen LogP contribution in [0, 0.1) is 47.3 Å². The van der Waals surface area contributed by atoms with Crippen molar-refractivity contribution in [2.45, 2.75) is 38.5 Å². The molecule has 0 heteroatoms. The summed E-state index contributed by atoms with van der Waals surface area (Å²) >= 11 is 0. The van der Waals surface area contributed by atoms with Crippen molar-refractivity contribution >= 4 is 27.5 Å². The molecule has 70 heavy (non-hydrogen) atoms. The summed E-state index contributed by atoms with van der Waals surface area (Å²) in [5, 5.41) is 5.42. The van der Waals surface area contributed by atoms with Crippen LogP contribution in [0.15, 0.2) is 288 Å². The van der Waals surface area contributed by atoms with Gasteiger partial charge >= 0.3 is 0 Å². The molecule has 8 unspecified atom stereocenters. The molecular weight excluding hydrogens is 841 g/mol. The minimum absolute atomic E-state index is 0.258. The van der Waals surface area contributed by atoms with Gasteiger partial charge in [-0.2, -0.15) is 0 Å². The molecule has 10 aliphatic rings. The average molecular weight is 901 g/mol. The van der Waals surface area contributed by atoms with E-state index in [4.69, 9.17) is 0 Å². The van der Waals surface area contributed by atoms with Gasteiger partial charge in [0.2, 0.25) is 0 Å². The summed E-state index contributed by atoms with van der Waals surface area (Å²) in [6.45, 7) is 0. The molecule has 0 saturated heterocycles. The van der Waals surface area contributed by atoms with E-state index in [1.807, 2.05) is 0 Å². The van der Waals surface area contributed by atoms with Crippen molar-refractivity contribution in [2.75, 3.05) is 0 Å². The van der Waals surface area contributed by atoms with Crippen LogP contribution in [0.3, 0.4) is 0 Å². The summed E-state index contributed by atoms with van der Waals surface area (Å²) in [5.41, 5.74) is 17.3. The Hall–Kier alpha value is -7.28. The number of hydrogen-bond donors (Lipinski definition) is 0.